The molecule has 0 aromatic carbocycles. The Bertz CT molecular complexity index is 172. The Morgan fingerprint density at radius 2 is 0.500 bits per heavy atom. The van der Waals surface area contributed by atoms with Crippen molar-refractivity contribution in [1.82, 2.24) is 0 Å². The van der Waals surface area contributed by atoms with E-state index in [1.807, 2.05) is 0 Å². The van der Waals surface area contributed by atoms with Gasteiger partial charge in [-0.2, -0.15) is 0 Å². The normalized spacial score (nSPS) is 63.0. The molecule has 3 rings (SSSR count). The van der Waals surface area contributed by atoms with E-state index in [0.717, 1.165) is 0 Å². The maximum Gasteiger partial charge on any atom is 0.0883 e. The van der Waals surface area contributed by atoms with E-state index in [1.165, 1.54) is 0 Å². The quantitative estimate of drug-likeness (QED) is 0.244. The summed E-state index contributed by atoms with van der Waals surface area (Å²) in [5.41, 5.74) is 0. The van der Waals surface area contributed by atoms with Crippen molar-refractivity contribution in [2.45, 2.75) is 36.6 Å². The lowest BCUT2D eigenvalue weighted by molar-refractivity contribution is -0.279. The molecule has 0 spiro atoms. The third kappa shape index (κ3) is 1.06. The lowest BCUT2D eigenvalue weighted by Gasteiger charge is -2.54. The maximum atomic E-state index is 9.45. The summed E-state index contributed by atoms with van der Waals surface area (Å²) in [7, 11) is 0. The van der Waals surface area contributed by atoms with E-state index in [9.17, 15) is 30.6 Å². The summed E-state index contributed by atoms with van der Waals surface area (Å²) in [4.78, 5) is 0. The molecule has 0 aromatic heterocycles. The molecule has 0 heterocycles. The molecule has 0 saturated heterocycles. The van der Waals surface area contributed by atoms with Crippen LogP contribution in [0.15, 0.2) is 0 Å². The largest absolute Gasteiger partial charge is 0.390 e. The Labute approximate surface area is 80.0 Å². The zero-order valence-electron chi connectivity index (χ0n) is 7.30. The van der Waals surface area contributed by atoms with Gasteiger partial charge in [-0.15, -0.1) is 0 Å². The van der Waals surface area contributed by atoms with Gasteiger partial charge in [0.15, 0.2) is 0 Å². The third-order valence-corrected chi connectivity index (χ3v) is 3.42. The molecule has 14 heavy (non-hydrogen) atoms. The Balaban J connectivity index is 2.34. The Kier molecular flexibility index (Phi) is 2.30. The van der Waals surface area contributed by atoms with E-state index < -0.39 is 48.5 Å². The fourth-order valence-electron chi connectivity index (χ4n) is 2.58. The first-order chi connectivity index (χ1) is 6.46. The van der Waals surface area contributed by atoms with Crippen molar-refractivity contribution in [2.75, 3.05) is 0 Å². The first-order valence-corrected chi connectivity index (χ1v) is 4.55. The van der Waals surface area contributed by atoms with E-state index in [4.69, 9.17) is 0 Å². The highest BCUT2D eigenvalue weighted by Gasteiger charge is 2.61. The average molecular weight is 206 g/mol. The van der Waals surface area contributed by atoms with Gasteiger partial charge in [-0.1, -0.05) is 0 Å². The van der Waals surface area contributed by atoms with Crippen LogP contribution in [0.1, 0.15) is 0 Å². The number of hydrogen-bond acceptors (Lipinski definition) is 6. The Morgan fingerprint density at radius 3 is 0.643 bits per heavy atom. The topological polar surface area (TPSA) is 121 Å². The van der Waals surface area contributed by atoms with Gasteiger partial charge in [0.1, 0.15) is 0 Å². The lowest BCUT2D eigenvalue weighted by Crippen LogP contribution is -2.72. The van der Waals surface area contributed by atoms with Crippen LogP contribution >= 0.6 is 0 Å². The summed E-state index contributed by atoms with van der Waals surface area (Å²) in [6, 6.07) is 0. The van der Waals surface area contributed by atoms with E-state index >= 15 is 0 Å². The molecule has 6 nitrogen and oxygen atoms in total. The zero-order valence-corrected chi connectivity index (χ0v) is 7.30. The van der Waals surface area contributed by atoms with Crippen LogP contribution in [-0.2, 0) is 0 Å². The van der Waals surface area contributed by atoms with Crippen molar-refractivity contribution >= 4 is 0 Å². The first-order valence-electron chi connectivity index (χ1n) is 4.55. The molecule has 3 saturated carbocycles. The third-order valence-electron chi connectivity index (χ3n) is 3.42. The van der Waals surface area contributed by atoms with Crippen molar-refractivity contribution in [3.05, 3.63) is 0 Å². The molecule has 6 heteroatoms. The monoisotopic (exact) mass is 206 g/mol. The minimum absolute atomic E-state index is 1.10. The summed E-state index contributed by atoms with van der Waals surface area (Å²) >= 11 is 0. The second kappa shape index (κ2) is 3.13. The van der Waals surface area contributed by atoms with E-state index in [-0.39, 0.29) is 0 Å². The molecule has 6 atom stereocenters. The summed E-state index contributed by atoms with van der Waals surface area (Å²) in [6.45, 7) is 0. The Morgan fingerprint density at radius 1 is 0.357 bits per heavy atom. The molecule has 0 radical (unpaired) electrons. The van der Waals surface area contributed by atoms with Crippen LogP contribution in [0.5, 0.6) is 0 Å². The van der Waals surface area contributed by atoms with Crippen LogP contribution < -0.4 is 0 Å². The molecule has 0 unspecified atom stereocenters. The highest BCUT2D eigenvalue weighted by Crippen LogP contribution is 2.42. The number of fused-ring (bicyclic) bond motifs is 3. The molecule has 3 aliphatic carbocycles. The summed E-state index contributed by atoms with van der Waals surface area (Å²) in [6.07, 6.45) is -7.85. The van der Waals surface area contributed by atoms with Crippen molar-refractivity contribution in [1.29, 1.82) is 0 Å². The minimum atomic E-state index is -1.31. The summed E-state index contributed by atoms with van der Waals surface area (Å²) < 4.78 is 0. The maximum absolute atomic E-state index is 9.45. The van der Waals surface area contributed by atoms with Gasteiger partial charge in [0.05, 0.1) is 36.6 Å². The summed E-state index contributed by atoms with van der Waals surface area (Å²) in [5.74, 6) is -2.19. The van der Waals surface area contributed by atoms with Gasteiger partial charge in [0.2, 0.25) is 0 Å². The lowest BCUT2D eigenvalue weighted by atomic mass is 9.61. The molecule has 0 aliphatic heterocycles. The van der Waals surface area contributed by atoms with Crippen LogP contribution in [0, 0.1) is 11.8 Å². The molecular formula is C8H14O6. The van der Waals surface area contributed by atoms with Crippen molar-refractivity contribution in [2.24, 2.45) is 11.8 Å². The second-order valence-corrected chi connectivity index (χ2v) is 4.10. The van der Waals surface area contributed by atoms with Crippen LogP contribution in [0.25, 0.3) is 0 Å². The van der Waals surface area contributed by atoms with Crippen LogP contribution in [-0.4, -0.2) is 67.3 Å². The van der Waals surface area contributed by atoms with Gasteiger partial charge in [-0.3, -0.25) is 0 Å². The van der Waals surface area contributed by atoms with E-state index in [2.05, 4.69) is 0 Å². The number of aliphatic hydroxyl groups excluding tert-OH is 6. The van der Waals surface area contributed by atoms with Crippen LogP contribution in [0.2, 0.25) is 0 Å². The molecule has 0 aromatic rings. The fraction of sp³-hybridized carbons (Fsp3) is 1.00. The molecule has 82 valence electrons. The second-order valence-electron chi connectivity index (χ2n) is 4.10. The molecular weight excluding hydrogens is 192 g/mol. The van der Waals surface area contributed by atoms with Gasteiger partial charge in [0.25, 0.3) is 0 Å². The zero-order chi connectivity index (χ0) is 10.6. The minimum Gasteiger partial charge on any atom is -0.390 e. The van der Waals surface area contributed by atoms with Gasteiger partial charge < -0.3 is 30.6 Å². The highest BCUT2D eigenvalue weighted by molar-refractivity contribution is 5.10. The molecule has 0 amide bonds. The summed E-state index contributed by atoms with van der Waals surface area (Å²) in [5, 5.41) is 56.7. The molecule has 2 bridgehead atoms. The first kappa shape index (κ1) is 10.3. The molecule has 6 N–H and O–H groups in total. The van der Waals surface area contributed by atoms with Gasteiger partial charge in [-0.05, 0) is 0 Å². The fourth-order valence-corrected chi connectivity index (χ4v) is 2.58. The predicted molar refractivity (Wildman–Crippen MR) is 43.0 cm³/mol. The number of rotatable bonds is 0. The smallest absolute Gasteiger partial charge is 0.0883 e. The van der Waals surface area contributed by atoms with Gasteiger partial charge in [0, 0.05) is 11.8 Å². The predicted octanol–water partition coefficient (Wildman–Crippen LogP) is -3.59. The molecule has 3 aliphatic rings. The van der Waals surface area contributed by atoms with Gasteiger partial charge >= 0.3 is 0 Å². The van der Waals surface area contributed by atoms with Crippen LogP contribution in [0.4, 0.5) is 0 Å². The van der Waals surface area contributed by atoms with Crippen molar-refractivity contribution in [3.8, 4) is 0 Å². The SMILES string of the molecule is O[C@@H]1C2[C@@H](O)[C@@H](O)C([C@@H]1O)[C@H](O)[C@@H]2O. The van der Waals surface area contributed by atoms with E-state index in [1.54, 1.807) is 0 Å². The Hall–Kier alpha value is -0.240. The standard InChI is InChI=1S/C8H14O6/c9-3-1-4(10)7(13)2(6(3)12)8(14)5(1)11/h1-14H/t1?,2?,3-,4-,5-,6+,7+,8+. The highest BCUT2D eigenvalue weighted by atomic mass is 16.4. The van der Waals surface area contributed by atoms with Crippen LogP contribution in [0.3, 0.4) is 0 Å². The average Bonchev–Trinajstić information content (AvgIpc) is 2.12. The van der Waals surface area contributed by atoms with Gasteiger partial charge in [-0.25, -0.2) is 0 Å². The number of aliphatic hydroxyl groups is 6. The van der Waals surface area contributed by atoms with Crippen molar-refractivity contribution < 1.29 is 30.6 Å². The molecule has 3 fully saturated rings. The number of hydrogen-bond donors (Lipinski definition) is 6. The van der Waals surface area contributed by atoms with E-state index in [0.29, 0.717) is 0 Å². The van der Waals surface area contributed by atoms with Crippen molar-refractivity contribution in [3.63, 3.8) is 0 Å².